The van der Waals surface area contributed by atoms with Crippen LogP contribution < -0.4 is 0 Å². The molecule has 0 atom stereocenters. The minimum atomic E-state index is -0.516. The molecule has 0 radical (unpaired) electrons. The highest BCUT2D eigenvalue weighted by Crippen LogP contribution is 2.27. The first-order chi connectivity index (χ1) is 9.17. The molecule has 1 aromatic carbocycles. The van der Waals surface area contributed by atoms with Crippen LogP contribution in [0.2, 0.25) is 5.02 Å². The summed E-state index contributed by atoms with van der Waals surface area (Å²) in [5.74, 6) is -0.183. The average Bonchev–Trinajstić information content (AvgIpc) is 2.83. The van der Waals surface area contributed by atoms with Crippen LogP contribution in [0, 0.1) is 0 Å². The lowest BCUT2D eigenvalue weighted by Gasteiger charge is -2.02. The van der Waals surface area contributed by atoms with E-state index < -0.39 is 5.97 Å². The van der Waals surface area contributed by atoms with E-state index in [1.165, 1.54) is 14.2 Å². The summed E-state index contributed by atoms with van der Waals surface area (Å²) in [6.45, 7) is 0.144. The Morgan fingerprint density at radius 1 is 1.32 bits per heavy atom. The van der Waals surface area contributed by atoms with Crippen LogP contribution in [0.25, 0.3) is 11.3 Å². The van der Waals surface area contributed by atoms with Crippen LogP contribution >= 0.6 is 11.6 Å². The molecule has 0 saturated carbocycles. The lowest BCUT2D eigenvalue weighted by molar-refractivity contribution is 0.0593. The Bertz CT molecular complexity index is 577. The van der Waals surface area contributed by atoms with Gasteiger partial charge in [-0.05, 0) is 12.1 Å². The first-order valence-corrected chi connectivity index (χ1v) is 5.87. The van der Waals surface area contributed by atoms with Gasteiger partial charge in [-0.25, -0.2) is 4.79 Å². The van der Waals surface area contributed by atoms with Crippen molar-refractivity contribution in [3.63, 3.8) is 0 Å². The van der Waals surface area contributed by atoms with Crippen molar-refractivity contribution in [2.24, 2.45) is 0 Å². The zero-order chi connectivity index (χ0) is 13.8. The van der Waals surface area contributed by atoms with Gasteiger partial charge in [0.15, 0.2) is 5.76 Å². The highest BCUT2D eigenvalue weighted by molar-refractivity contribution is 6.30. The molecule has 0 spiro atoms. The fraction of sp³-hybridized carbons (Fsp3) is 0.231. The van der Waals surface area contributed by atoms with Crippen molar-refractivity contribution in [2.75, 3.05) is 14.2 Å². The number of aromatic nitrogens is 1. The molecule has 0 aliphatic rings. The summed E-state index contributed by atoms with van der Waals surface area (Å²) < 4.78 is 14.9. The van der Waals surface area contributed by atoms with Crippen molar-refractivity contribution in [3.05, 3.63) is 40.6 Å². The number of carbonyl (C=O) groups is 1. The van der Waals surface area contributed by atoms with E-state index in [9.17, 15) is 4.79 Å². The summed E-state index contributed by atoms with van der Waals surface area (Å²) in [6.07, 6.45) is 0. The zero-order valence-corrected chi connectivity index (χ0v) is 11.2. The monoisotopic (exact) mass is 281 g/mol. The third-order valence-corrected chi connectivity index (χ3v) is 2.80. The highest BCUT2D eigenvalue weighted by atomic mass is 35.5. The topological polar surface area (TPSA) is 61.6 Å². The zero-order valence-electron chi connectivity index (χ0n) is 10.5. The van der Waals surface area contributed by atoms with E-state index in [-0.39, 0.29) is 12.2 Å². The minimum absolute atomic E-state index is 0.144. The quantitative estimate of drug-likeness (QED) is 0.806. The maximum absolute atomic E-state index is 11.8. The van der Waals surface area contributed by atoms with Gasteiger partial charge in [-0.3, -0.25) is 0 Å². The largest absolute Gasteiger partial charge is 0.465 e. The minimum Gasteiger partial charge on any atom is -0.465 e. The molecule has 0 N–H and O–H groups in total. The average molecular weight is 282 g/mol. The third kappa shape index (κ3) is 2.77. The molecular weight excluding hydrogens is 270 g/mol. The summed E-state index contributed by atoms with van der Waals surface area (Å²) in [7, 11) is 2.81. The molecular formula is C13H12ClNO4. The first-order valence-electron chi connectivity index (χ1n) is 5.49. The van der Waals surface area contributed by atoms with Crippen molar-refractivity contribution in [1.82, 2.24) is 5.16 Å². The molecule has 0 bridgehead atoms. The van der Waals surface area contributed by atoms with Gasteiger partial charge in [0.05, 0.1) is 7.11 Å². The van der Waals surface area contributed by atoms with Crippen molar-refractivity contribution in [1.29, 1.82) is 0 Å². The molecule has 0 saturated heterocycles. The van der Waals surface area contributed by atoms with Crippen LogP contribution in [-0.2, 0) is 16.1 Å². The molecule has 2 aromatic rings. The number of nitrogens with zero attached hydrogens (tertiary/aromatic N) is 1. The van der Waals surface area contributed by atoms with Crippen LogP contribution in [0.5, 0.6) is 0 Å². The molecule has 1 heterocycles. The van der Waals surface area contributed by atoms with Crippen LogP contribution in [0.15, 0.2) is 28.8 Å². The van der Waals surface area contributed by atoms with E-state index in [0.717, 1.165) is 5.56 Å². The Morgan fingerprint density at radius 2 is 2.00 bits per heavy atom. The van der Waals surface area contributed by atoms with Gasteiger partial charge in [0.1, 0.15) is 17.9 Å². The standard InChI is InChI=1S/C13H12ClNO4/c1-17-7-10-11(13(16)18-2)12(15-19-10)8-3-5-9(14)6-4-8/h3-6H,7H2,1-2H3. The maximum atomic E-state index is 11.8. The maximum Gasteiger partial charge on any atom is 0.343 e. The molecule has 5 nitrogen and oxygen atoms in total. The lowest BCUT2D eigenvalue weighted by atomic mass is 10.1. The summed E-state index contributed by atoms with van der Waals surface area (Å²) in [6, 6.07) is 6.93. The number of rotatable bonds is 4. The molecule has 1 aromatic heterocycles. The number of hydrogen-bond donors (Lipinski definition) is 0. The molecule has 19 heavy (non-hydrogen) atoms. The smallest absolute Gasteiger partial charge is 0.343 e. The fourth-order valence-corrected chi connectivity index (χ4v) is 1.80. The van der Waals surface area contributed by atoms with Gasteiger partial charge in [-0.15, -0.1) is 0 Å². The van der Waals surface area contributed by atoms with Crippen molar-refractivity contribution in [2.45, 2.75) is 6.61 Å². The van der Waals surface area contributed by atoms with E-state index in [4.69, 9.17) is 25.6 Å². The first kappa shape index (κ1) is 13.6. The number of halogens is 1. The molecule has 0 amide bonds. The second-order valence-electron chi connectivity index (χ2n) is 3.76. The Morgan fingerprint density at radius 3 is 2.58 bits per heavy atom. The van der Waals surface area contributed by atoms with Gasteiger partial charge in [-0.1, -0.05) is 28.9 Å². The molecule has 0 aliphatic heterocycles. The Labute approximate surface area is 115 Å². The second kappa shape index (κ2) is 5.86. The summed E-state index contributed by atoms with van der Waals surface area (Å²) in [5.41, 5.74) is 1.40. The molecule has 0 aliphatic carbocycles. The molecule has 0 unspecified atom stereocenters. The summed E-state index contributed by atoms with van der Waals surface area (Å²) in [5, 5.41) is 4.51. The Hall–Kier alpha value is -1.85. The molecule has 6 heteroatoms. The Balaban J connectivity index is 2.50. The third-order valence-electron chi connectivity index (χ3n) is 2.55. The van der Waals surface area contributed by atoms with Gasteiger partial charge in [0.25, 0.3) is 0 Å². The summed E-state index contributed by atoms with van der Waals surface area (Å²) >= 11 is 5.83. The van der Waals surface area contributed by atoms with Crippen molar-refractivity contribution < 1.29 is 18.8 Å². The van der Waals surface area contributed by atoms with E-state index in [2.05, 4.69) is 5.16 Å². The van der Waals surface area contributed by atoms with Gasteiger partial charge in [-0.2, -0.15) is 0 Å². The van der Waals surface area contributed by atoms with Crippen LogP contribution in [0.1, 0.15) is 16.1 Å². The van der Waals surface area contributed by atoms with Crippen LogP contribution in [0.3, 0.4) is 0 Å². The van der Waals surface area contributed by atoms with Crippen molar-refractivity contribution >= 4 is 17.6 Å². The SMILES string of the molecule is COCc1onc(-c2ccc(Cl)cc2)c1C(=O)OC. The van der Waals surface area contributed by atoms with E-state index in [1.54, 1.807) is 24.3 Å². The van der Waals surface area contributed by atoms with E-state index in [0.29, 0.717) is 16.5 Å². The predicted molar refractivity (Wildman–Crippen MR) is 69.0 cm³/mol. The predicted octanol–water partition coefficient (Wildman–Crippen LogP) is 2.93. The van der Waals surface area contributed by atoms with Crippen molar-refractivity contribution in [3.8, 4) is 11.3 Å². The van der Waals surface area contributed by atoms with E-state index in [1.807, 2.05) is 0 Å². The lowest BCUT2D eigenvalue weighted by Crippen LogP contribution is -2.05. The number of hydrogen-bond acceptors (Lipinski definition) is 5. The number of ether oxygens (including phenoxy) is 2. The number of carbonyl (C=O) groups excluding carboxylic acids is 1. The number of methoxy groups -OCH3 is 2. The van der Waals surface area contributed by atoms with Crippen LogP contribution in [0.4, 0.5) is 0 Å². The van der Waals surface area contributed by atoms with Gasteiger partial charge in [0.2, 0.25) is 0 Å². The summed E-state index contributed by atoms with van der Waals surface area (Å²) in [4.78, 5) is 11.8. The van der Waals surface area contributed by atoms with Gasteiger partial charge < -0.3 is 14.0 Å². The Kier molecular flexibility index (Phi) is 4.19. The fourth-order valence-electron chi connectivity index (χ4n) is 1.67. The van der Waals surface area contributed by atoms with Gasteiger partial charge in [0, 0.05) is 17.7 Å². The number of benzene rings is 1. The normalized spacial score (nSPS) is 10.5. The molecule has 0 fully saturated rings. The van der Waals surface area contributed by atoms with E-state index >= 15 is 0 Å². The van der Waals surface area contributed by atoms with Gasteiger partial charge >= 0.3 is 5.97 Å². The number of esters is 1. The second-order valence-corrected chi connectivity index (χ2v) is 4.20. The van der Waals surface area contributed by atoms with Crippen LogP contribution in [-0.4, -0.2) is 25.3 Å². The highest BCUT2D eigenvalue weighted by Gasteiger charge is 2.24. The molecule has 2 rings (SSSR count). The molecule has 100 valence electrons.